The zero-order valence-corrected chi connectivity index (χ0v) is 16.9. The lowest BCUT2D eigenvalue weighted by molar-refractivity contribution is -0.384. The molecule has 1 aliphatic heterocycles. The van der Waals surface area contributed by atoms with Crippen molar-refractivity contribution in [3.63, 3.8) is 0 Å². The standard InChI is InChI=1S/C21H24N2O5S/c24-21(22-12-4-13-27-15-16-5-3-14-28-16)11-9-17-8-10-20(29-17)18-6-1-2-7-19(18)23(25)26/h1-2,6-11,16H,3-5,12-15H2,(H,22,24). The molecule has 1 saturated heterocycles. The number of para-hydroxylation sites is 1. The molecular formula is C21H24N2O5S. The number of carbonyl (C=O) groups excluding carboxylic acids is 1. The Balaban J connectivity index is 1.41. The van der Waals surface area contributed by atoms with E-state index in [2.05, 4.69) is 5.32 Å². The Kier molecular flexibility index (Phi) is 7.92. The molecule has 1 unspecified atom stereocenters. The third-order valence-corrected chi connectivity index (χ3v) is 5.57. The van der Waals surface area contributed by atoms with Crippen LogP contribution >= 0.6 is 11.3 Å². The number of nitrogens with zero attached hydrogens (tertiary/aromatic N) is 1. The molecule has 0 radical (unpaired) electrons. The summed E-state index contributed by atoms with van der Waals surface area (Å²) in [5.74, 6) is -0.176. The van der Waals surface area contributed by atoms with E-state index < -0.39 is 0 Å². The maximum Gasteiger partial charge on any atom is 0.278 e. The molecule has 1 aromatic carbocycles. The maximum atomic E-state index is 11.9. The van der Waals surface area contributed by atoms with E-state index in [4.69, 9.17) is 9.47 Å². The van der Waals surface area contributed by atoms with Crippen LogP contribution < -0.4 is 5.32 Å². The normalized spacial score (nSPS) is 16.3. The Morgan fingerprint density at radius 1 is 1.34 bits per heavy atom. The molecule has 1 amide bonds. The van der Waals surface area contributed by atoms with Crippen LogP contribution in [0.3, 0.4) is 0 Å². The van der Waals surface area contributed by atoms with Crippen molar-refractivity contribution >= 4 is 29.0 Å². The first-order valence-electron chi connectivity index (χ1n) is 9.62. The van der Waals surface area contributed by atoms with Gasteiger partial charge in [0, 0.05) is 41.7 Å². The van der Waals surface area contributed by atoms with E-state index in [1.54, 1.807) is 24.3 Å². The van der Waals surface area contributed by atoms with Gasteiger partial charge in [-0.05, 0) is 43.5 Å². The van der Waals surface area contributed by atoms with Crippen molar-refractivity contribution in [3.05, 3.63) is 57.5 Å². The monoisotopic (exact) mass is 416 g/mol. The summed E-state index contributed by atoms with van der Waals surface area (Å²) in [5, 5.41) is 14.0. The van der Waals surface area contributed by atoms with Crippen molar-refractivity contribution in [2.45, 2.75) is 25.4 Å². The van der Waals surface area contributed by atoms with Crippen molar-refractivity contribution in [2.75, 3.05) is 26.4 Å². The van der Waals surface area contributed by atoms with Gasteiger partial charge < -0.3 is 14.8 Å². The van der Waals surface area contributed by atoms with Crippen LogP contribution in [0.1, 0.15) is 24.1 Å². The lowest BCUT2D eigenvalue weighted by Crippen LogP contribution is -2.23. The van der Waals surface area contributed by atoms with Crippen LogP contribution in [0.4, 0.5) is 5.69 Å². The summed E-state index contributed by atoms with van der Waals surface area (Å²) in [6.07, 6.45) is 6.32. The number of hydrogen-bond donors (Lipinski definition) is 1. The van der Waals surface area contributed by atoms with Gasteiger partial charge in [-0.15, -0.1) is 11.3 Å². The lowest BCUT2D eigenvalue weighted by Gasteiger charge is -2.09. The quantitative estimate of drug-likeness (QED) is 0.273. The average Bonchev–Trinajstić information content (AvgIpc) is 3.41. The first kappa shape index (κ1) is 21.2. The van der Waals surface area contributed by atoms with Crippen LogP contribution in [0, 0.1) is 10.1 Å². The van der Waals surface area contributed by atoms with Gasteiger partial charge in [0.25, 0.3) is 5.69 Å². The molecule has 154 valence electrons. The van der Waals surface area contributed by atoms with Crippen LogP contribution in [0.2, 0.25) is 0 Å². The Hall–Kier alpha value is -2.55. The number of carbonyl (C=O) groups is 1. The highest BCUT2D eigenvalue weighted by atomic mass is 32.1. The van der Waals surface area contributed by atoms with Gasteiger partial charge in [0.15, 0.2) is 0 Å². The molecule has 29 heavy (non-hydrogen) atoms. The van der Waals surface area contributed by atoms with Gasteiger partial charge in [-0.1, -0.05) is 12.1 Å². The number of ether oxygens (including phenoxy) is 2. The maximum absolute atomic E-state index is 11.9. The average molecular weight is 416 g/mol. The second kappa shape index (κ2) is 10.8. The van der Waals surface area contributed by atoms with Crippen molar-refractivity contribution in [1.29, 1.82) is 0 Å². The van der Waals surface area contributed by atoms with Gasteiger partial charge >= 0.3 is 0 Å². The third kappa shape index (κ3) is 6.49. The predicted molar refractivity (Wildman–Crippen MR) is 113 cm³/mol. The van der Waals surface area contributed by atoms with Crippen molar-refractivity contribution in [2.24, 2.45) is 0 Å². The SMILES string of the molecule is O=C(C=Cc1ccc(-c2ccccc2[N+](=O)[O-])s1)NCCCOCC1CCCO1. The first-order chi connectivity index (χ1) is 14.1. The van der Waals surface area contributed by atoms with Crippen molar-refractivity contribution in [1.82, 2.24) is 5.32 Å². The van der Waals surface area contributed by atoms with E-state index in [9.17, 15) is 14.9 Å². The van der Waals surface area contributed by atoms with E-state index in [0.29, 0.717) is 25.3 Å². The number of thiophene rings is 1. The minimum Gasteiger partial charge on any atom is -0.379 e. The van der Waals surface area contributed by atoms with Gasteiger partial charge in [0.05, 0.1) is 23.2 Å². The topological polar surface area (TPSA) is 90.7 Å². The molecule has 1 N–H and O–H groups in total. The van der Waals surface area contributed by atoms with E-state index in [1.807, 2.05) is 12.1 Å². The van der Waals surface area contributed by atoms with Gasteiger partial charge in [-0.25, -0.2) is 0 Å². The molecule has 8 heteroatoms. The lowest BCUT2D eigenvalue weighted by atomic mass is 10.1. The van der Waals surface area contributed by atoms with Crippen molar-refractivity contribution in [3.8, 4) is 10.4 Å². The summed E-state index contributed by atoms with van der Waals surface area (Å²) in [6.45, 7) is 2.58. The van der Waals surface area contributed by atoms with Gasteiger partial charge in [-0.2, -0.15) is 0 Å². The number of nitro benzene ring substituents is 1. The number of amides is 1. The number of nitro groups is 1. The molecule has 1 aliphatic rings. The van der Waals surface area contributed by atoms with E-state index in [-0.39, 0.29) is 22.6 Å². The molecule has 0 saturated carbocycles. The molecule has 3 rings (SSSR count). The highest BCUT2D eigenvalue weighted by molar-refractivity contribution is 7.16. The van der Waals surface area contributed by atoms with Crippen LogP contribution in [0.15, 0.2) is 42.5 Å². The number of benzene rings is 1. The van der Waals surface area contributed by atoms with Crippen LogP contribution in [0.5, 0.6) is 0 Å². The molecular weight excluding hydrogens is 392 g/mol. The number of rotatable bonds is 10. The van der Waals surface area contributed by atoms with Gasteiger partial charge in [0.2, 0.25) is 5.91 Å². The molecule has 1 aromatic heterocycles. The highest BCUT2D eigenvalue weighted by Crippen LogP contribution is 2.34. The molecule has 0 aliphatic carbocycles. The molecule has 1 fully saturated rings. The Morgan fingerprint density at radius 2 is 2.21 bits per heavy atom. The number of nitrogens with one attached hydrogen (secondary N) is 1. The smallest absolute Gasteiger partial charge is 0.278 e. The second-order valence-electron chi connectivity index (χ2n) is 6.66. The summed E-state index contributed by atoms with van der Waals surface area (Å²) >= 11 is 1.40. The van der Waals surface area contributed by atoms with E-state index in [1.165, 1.54) is 23.5 Å². The van der Waals surface area contributed by atoms with Crippen molar-refractivity contribution < 1.29 is 19.2 Å². The first-order valence-corrected chi connectivity index (χ1v) is 10.4. The summed E-state index contributed by atoms with van der Waals surface area (Å²) in [4.78, 5) is 24.4. The molecule has 2 aromatic rings. The zero-order chi connectivity index (χ0) is 20.5. The summed E-state index contributed by atoms with van der Waals surface area (Å²) in [6, 6.07) is 10.3. The molecule has 2 heterocycles. The van der Waals surface area contributed by atoms with E-state index in [0.717, 1.165) is 35.6 Å². The second-order valence-corrected chi connectivity index (χ2v) is 7.78. The fourth-order valence-corrected chi connectivity index (χ4v) is 3.97. The fourth-order valence-electron chi connectivity index (χ4n) is 3.02. The molecule has 0 bridgehead atoms. The largest absolute Gasteiger partial charge is 0.379 e. The Bertz CT molecular complexity index is 858. The summed E-state index contributed by atoms with van der Waals surface area (Å²) < 4.78 is 11.0. The van der Waals surface area contributed by atoms with Gasteiger partial charge in [-0.3, -0.25) is 14.9 Å². The molecule has 0 spiro atoms. The fraction of sp³-hybridized carbons (Fsp3) is 0.381. The minimum atomic E-state index is -0.386. The Labute approximate surface area is 173 Å². The minimum absolute atomic E-state index is 0.0735. The van der Waals surface area contributed by atoms with Crippen LogP contribution in [0.25, 0.3) is 16.5 Å². The van der Waals surface area contributed by atoms with Crippen LogP contribution in [-0.4, -0.2) is 43.3 Å². The summed E-state index contributed by atoms with van der Waals surface area (Å²) in [7, 11) is 0. The predicted octanol–water partition coefficient (Wildman–Crippen LogP) is 4.04. The Morgan fingerprint density at radius 3 is 3.00 bits per heavy atom. The van der Waals surface area contributed by atoms with Gasteiger partial charge in [0.1, 0.15) is 0 Å². The third-order valence-electron chi connectivity index (χ3n) is 4.48. The summed E-state index contributed by atoms with van der Waals surface area (Å²) in [5.41, 5.74) is 0.652. The highest BCUT2D eigenvalue weighted by Gasteiger charge is 2.16. The van der Waals surface area contributed by atoms with Crippen LogP contribution in [-0.2, 0) is 14.3 Å². The van der Waals surface area contributed by atoms with E-state index >= 15 is 0 Å². The molecule has 1 atom stereocenters. The molecule has 7 nitrogen and oxygen atoms in total. The zero-order valence-electron chi connectivity index (χ0n) is 16.0. The number of hydrogen-bond acceptors (Lipinski definition) is 6.